The summed E-state index contributed by atoms with van der Waals surface area (Å²) in [5, 5.41) is 3.20. The third-order valence-corrected chi connectivity index (χ3v) is 2.43. The van der Waals surface area contributed by atoms with Crippen molar-refractivity contribution in [2.24, 2.45) is 0 Å². The van der Waals surface area contributed by atoms with Crippen LogP contribution in [-0.2, 0) is 0 Å². The van der Waals surface area contributed by atoms with Gasteiger partial charge in [-0.2, -0.15) is 0 Å². The fourth-order valence-corrected chi connectivity index (χ4v) is 1.16. The molecule has 0 aliphatic carbocycles. The predicted molar refractivity (Wildman–Crippen MR) is 53.7 cm³/mol. The first kappa shape index (κ1) is 10.1. The van der Waals surface area contributed by atoms with Crippen LogP contribution < -0.4 is 5.32 Å². The molecule has 2 atom stereocenters. The van der Waals surface area contributed by atoms with Gasteiger partial charge in [0.25, 0.3) is 0 Å². The number of hydrogen-bond acceptors (Lipinski definition) is 3. The molecule has 1 aromatic heterocycles. The molecule has 1 aromatic rings. The average molecular weight is 179 g/mol. The van der Waals surface area contributed by atoms with Gasteiger partial charge in [-0.25, -0.2) is 9.97 Å². The van der Waals surface area contributed by atoms with Crippen molar-refractivity contribution in [3.8, 4) is 0 Å². The fraction of sp³-hybridized carbons (Fsp3) is 0.600. The lowest BCUT2D eigenvalue weighted by atomic mass is 10.0. The van der Waals surface area contributed by atoms with Crippen LogP contribution in [0.2, 0.25) is 0 Å². The van der Waals surface area contributed by atoms with Crippen molar-refractivity contribution in [2.75, 3.05) is 7.05 Å². The predicted octanol–water partition coefficient (Wildman–Crippen LogP) is 1.50. The first-order chi connectivity index (χ1) is 6.15. The lowest BCUT2D eigenvalue weighted by Gasteiger charge is -2.17. The van der Waals surface area contributed by atoms with E-state index < -0.39 is 0 Å². The molecule has 0 saturated carbocycles. The molecule has 3 nitrogen and oxygen atoms in total. The van der Waals surface area contributed by atoms with Crippen LogP contribution in [0.1, 0.15) is 31.3 Å². The summed E-state index contributed by atoms with van der Waals surface area (Å²) in [7, 11) is 1.96. The monoisotopic (exact) mass is 179 g/mol. The van der Waals surface area contributed by atoms with Crippen molar-refractivity contribution in [1.82, 2.24) is 15.3 Å². The molecule has 1 N–H and O–H groups in total. The van der Waals surface area contributed by atoms with E-state index in [-0.39, 0.29) is 0 Å². The Morgan fingerprint density at radius 1 is 1.38 bits per heavy atom. The standard InChI is InChI=1S/C10H17N3/c1-7-5-6-12-10(13-7)8(2)9(3)11-4/h5-6,8-9,11H,1-4H3. The summed E-state index contributed by atoms with van der Waals surface area (Å²) < 4.78 is 0. The van der Waals surface area contributed by atoms with Crippen LogP contribution in [0.3, 0.4) is 0 Å². The van der Waals surface area contributed by atoms with E-state index in [1.165, 1.54) is 0 Å². The molecular weight excluding hydrogens is 162 g/mol. The quantitative estimate of drug-likeness (QED) is 0.764. The minimum atomic E-state index is 0.352. The van der Waals surface area contributed by atoms with E-state index in [1.54, 1.807) is 0 Å². The fourth-order valence-electron chi connectivity index (χ4n) is 1.16. The van der Waals surface area contributed by atoms with Crippen LogP contribution in [0.4, 0.5) is 0 Å². The van der Waals surface area contributed by atoms with Gasteiger partial charge in [0.05, 0.1) is 0 Å². The van der Waals surface area contributed by atoms with Crippen molar-refractivity contribution in [3.63, 3.8) is 0 Å². The minimum Gasteiger partial charge on any atom is -0.317 e. The Morgan fingerprint density at radius 3 is 2.62 bits per heavy atom. The highest BCUT2D eigenvalue weighted by molar-refractivity contribution is 5.04. The molecule has 0 radical (unpaired) electrons. The maximum Gasteiger partial charge on any atom is 0.132 e. The highest BCUT2D eigenvalue weighted by Crippen LogP contribution is 2.14. The number of rotatable bonds is 3. The second-order valence-corrected chi connectivity index (χ2v) is 3.42. The van der Waals surface area contributed by atoms with Crippen molar-refractivity contribution in [1.29, 1.82) is 0 Å². The number of likely N-dealkylation sites (N-methyl/N-ethyl adjacent to an activating group) is 1. The molecule has 1 rings (SSSR count). The highest BCUT2D eigenvalue weighted by atomic mass is 14.9. The minimum absolute atomic E-state index is 0.352. The first-order valence-electron chi connectivity index (χ1n) is 4.62. The van der Waals surface area contributed by atoms with E-state index in [2.05, 4.69) is 29.1 Å². The van der Waals surface area contributed by atoms with Crippen LogP contribution in [0.5, 0.6) is 0 Å². The molecule has 0 fully saturated rings. The number of aromatic nitrogens is 2. The van der Waals surface area contributed by atoms with E-state index in [1.807, 2.05) is 26.2 Å². The Bertz CT molecular complexity index is 273. The Morgan fingerprint density at radius 2 is 2.08 bits per heavy atom. The molecule has 0 bridgehead atoms. The van der Waals surface area contributed by atoms with Crippen LogP contribution in [0.25, 0.3) is 0 Å². The van der Waals surface area contributed by atoms with Gasteiger partial charge in [-0.15, -0.1) is 0 Å². The Hall–Kier alpha value is -0.960. The number of aryl methyl sites for hydroxylation is 1. The SMILES string of the molecule is CNC(C)C(C)c1nccc(C)n1. The number of nitrogens with one attached hydrogen (secondary N) is 1. The smallest absolute Gasteiger partial charge is 0.132 e. The van der Waals surface area contributed by atoms with E-state index in [9.17, 15) is 0 Å². The Balaban J connectivity index is 2.82. The third-order valence-electron chi connectivity index (χ3n) is 2.43. The summed E-state index contributed by atoms with van der Waals surface area (Å²) in [6, 6.07) is 2.32. The molecule has 72 valence electrons. The number of nitrogens with zero attached hydrogens (tertiary/aromatic N) is 2. The molecule has 0 aromatic carbocycles. The van der Waals surface area contributed by atoms with Crippen molar-refractivity contribution in [2.45, 2.75) is 32.7 Å². The molecule has 13 heavy (non-hydrogen) atoms. The van der Waals surface area contributed by atoms with Crippen molar-refractivity contribution >= 4 is 0 Å². The molecule has 2 unspecified atom stereocenters. The maximum atomic E-state index is 4.39. The van der Waals surface area contributed by atoms with Gasteiger partial charge in [0.15, 0.2) is 0 Å². The lowest BCUT2D eigenvalue weighted by Crippen LogP contribution is -2.28. The van der Waals surface area contributed by atoms with E-state index in [0.29, 0.717) is 12.0 Å². The summed E-state index contributed by atoms with van der Waals surface area (Å²) in [5.41, 5.74) is 1.03. The van der Waals surface area contributed by atoms with Crippen LogP contribution in [-0.4, -0.2) is 23.1 Å². The van der Waals surface area contributed by atoms with Gasteiger partial charge in [0.1, 0.15) is 5.82 Å². The molecule has 0 saturated heterocycles. The molecule has 0 aliphatic heterocycles. The Labute approximate surface area is 79.6 Å². The average Bonchev–Trinajstić information content (AvgIpc) is 2.15. The molecule has 0 aliphatic rings. The zero-order chi connectivity index (χ0) is 9.84. The van der Waals surface area contributed by atoms with Crippen molar-refractivity contribution < 1.29 is 0 Å². The van der Waals surface area contributed by atoms with Gasteiger partial charge in [-0.3, -0.25) is 0 Å². The van der Waals surface area contributed by atoms with Crippen LogP contribution >= 0.6 is 0 Å². The summed E-state index contributed by atoms with van der Waals surface area (Å²) in [6.07, 6.45) is 1.82. The summed E-state index contributed by atoms with van der Waals surface area (Å²) in [6.45, 7) is 6.26. The van der Waals surface area contributed by atoms with Crippen molar-refractivity contribution in [3.05, 3.63) is 23.8 Å². The van der Waals surface area contributed by atoms with Crippen LogP contribution in [0, 0.1) is 6.92 Å². The second-order valence-electron chi connectivity index (χ2n) is 3.42. The molecule has 0 amide bonds. The summed E-state index contributed by atoms with van der Waals surface area (Å²) >= 11 is 0. The summed E-state index contributed by atoms with van der Waals surface area (Å²) in [4.78, 5) is 8.65. The van der Waals surface area contributed by atoms with Gasteiger partial charge in [-0.05, 0) is 27.0 Å². The Kier molecular flexibility index (Phi) is 3.37. The second kappa shape index (κ2) is 4.33. The molecule has 1 heterocycles. The lowest BCUT2D eigenvalue weighted by molar-refractivity contribution is 0.503. The van der Waals surface area contributed by atoms with Crippen LogP contribution in [0.15, 0.2) is 12.3 Å². The molecule has 0 spiro atoms. The molecular formula is C10H17N3. The highest BCUT2D eigenvalue weighted by Gasteiger charge is 2.14. The van der Waals surface area contributed by atoms with Gasteiger partial charge in [-0.1, -0.05) is 6.92 Å². The molecule has 3 heteroatoms. The van der Waals surface area contributed by atoms with Gasteiger partial charge >= 0.3 is 0 Å². The zero-order valence-electron chi connectivity index (χ0n) is 8.70. The summed E-state index contributed by atoms with van der Waals surface area (Å²) in [5.74, 6) is 1.27. The largest absolute Gasteiger partial charge is 0.317 e. The van der Waals surface area contributed by atoms with Gasteiger partial charge in [0.2, 0.25) is 0 Å². The van der Waals surface area contributed by atoms with Gasteiger partial charge < -0.3 is 5.32 Å². The zero-order valence-corrected chi connectivity index (χ0v) is 8.70. The topological polar surface area (TPSA) is 37.8 Å². The van der Waals surface area contributed by atoms with E-state index in [4.69, 9.17) is 0 Å². The number of hydrogen-bond donors (Lipinski definition) is 1. The van der Waals surface area contributed by atoms with Gasteiger partial charge in [0, 0.05) is 23.9 Å². The third kappa shape index (κ3) is 2.49. The van der Waals surface area contributed by atoms with E-state index >= 15 is 0 Å². The van der Waals surface area contributed by atoms with E-state index in [0.717, 1.165) is 11.5 Å². The first-order valence-corrected chi connectivity index (χ1v) is 4.62. The normalized spacial score (nSPS) is 15.4. The maximum absolute atomic E-state index is 4.39.